The molecule has 0 spiro atoms. The van der Waals surface area contributed by atoms with Gasteiger partial charge in [0.1, 0.15) is 11.9 Å². The number of carbonyl (C=O) groups excluding carboxylic acids is 1. The summed E-state index contributed by atoms with van der Waals surface area (Å²) < 4.78 is 20.7. The van der Waals surface area contributed by atoms with Crippen LogP contribution in [0.3, 0.4) is 0 Å². The first kappa shape index (κ1) is 16.4. The van der Waals surface area contributed by atoms with E-state index in [0.29, 0.717) is 26.2 Å². The van der Waals surface area contributed by atoms with E-state index in [4.69, 9.17) is 4.74 Å². The number of imidazole rings is 1. The van der Waals surface area contributed by atoms with Gasteiger partial charge >= 0.3 is 6.03 Å². The van der Waals surface area contributed by atoms with Gasteiger partial charge in [-0.05, 0) is 24.6 Å². The van der Waals surface area contributed by atoms with Gasteiger partial charge in [0.2, 0.25) is 0 Å². The molecule has 0 bridgehead atoms. The summed E-state index contributed by atoms with van der Waals surface area (Å²) in [6, 6.07) is 6.08. The van der Waals surface area contributed by atoms with Gasteiger partial charge in [-0.3, -0.25) is 0 Å². The first-order chi connectivity index (χ1) is 11.6. The highest BCUT2D eigenvalue weighted by Gasteiger charge is 2.26. The van der Waals surface area contributed by atoms with Crippen molar-refractivity contribution in [3.8, 4) is 0 Å². The molecule has 7 heteroatoms. The average Bonchev–Trinajstić information content (AvgIpc) is 3.08. The standard InChI is InChI=1S/C17H21FN4O2/c1-13(10-21-7-6-19-12-21)20-17(23)22-8-9-24-16(11-22)14-2-4-15(18)5-3-14/h2-7,12-13,16H,8-11H2,1H3,(H,20,23). The largest absolute Gasteiger partial charge is 0.370 e. The first-order valence-corrected chi connectivity index (χ1v) is 8.00. The van der Waals surface area contributed by atoms with Crippen LogP contribution in [0.15, 0.2) is 43.0 Å². The molecule has 2 atom stereocenters. The van der Waals surface area contributed by atoms with Crippen LogP contribution in [-0.2, 0) is 11.3 Å². The van der Waals surface area contributed by atoms with Gasteiger partial charge in [-0.15, -0.1) is 0 Å². The van der Waals surface area contributed by atoms with Crippen LogP contribution in [0.1, 0.15) is 18.6 Å². The van der Waals surface area contributed by atoms with E-state index >= 15 is 0 Å². The van der Waals surface area contributed by atoms with Crippen molar-refractivity contribution < 1.29 is 13.9 Å². The Kier molecular flexibility index (Phi) is 5.10. The summed E-state index contributed by atoms with van der Waals surface area (Å²) in [4.78, 5) is 18.2. The Morgan fingerprint density at radius 2 is 2.25 bits per heavy atom. The number of ether oxygens (including phenoxy) is 1. The number of carbonyl (C=O) groups is 1. The summed E-state index contributed by atoms with van der Waals surface area (Å²) in [7, 11) is 0. The number of amides is 2. The van der Waals surface area contributed by atoms with Crippen molar-refractivity contribution in [3.05, 3.63) is 54.4 Å². The fourth-order valence-electron chi connectivity index (χ4n) is 2.77. The lowest BCUT2D eigenvalue weighted by Gasteiger charge is -2.34. The normalized spacial score (nSPS) is 19.1. The monoisotopic (exact) mass is 332 g/mol. The molecule has 1 saturated heterocycles. The number of rotatable bonds is 4. The number of hydrogen-bond donors (Lipinski definition) is 1. The molecule has 1 aliphatic heterocycles. The summed E-state index contributed by atoms with van der Waals surface area (Å²) >= 11 is 0. The highest BCUT2D eigenvalue weighted by Crippen LogP contribution is 2.22. The second kappa shape index (κ2) is 7.44. The second-order valence-corrected chi connectivity index (χ2v) is 5.97. The molecule has 2 unspecified atom stereocenters. The number of hydrogen-bond acceptors (Lipinski definition) is 3. The van der Waals surface area contributed by atoms with E-state index in [1.165, 1.54) is 12.1 Å². The van der Waals surface area contributed by atoms with Gasteiger partial charge in [0.15, 0.2) is 0 Å². The second-order valence-electron chi connectivity index (χ2n) is 5.97. The number of halogens is 1. The molecule has 2 heterocycles. The Labute approximate surface area is 140 Å². The van der Waals surface area contributed by atoms with Crippen molar-refractivity contribution in [2.75, 3.05) is 19.7 Å². The van der Waals surface area contributed by atoms with Crippen LogP contribution < -0.4 is 5.32 Å². The van der Waals surface area contributed by atoms with Gasteiger partial charge in [0.05, 0.1) is 19.5 Å². The minimum absolute atomic E-state index is 0.0150. The van der Waals surface area contributed by atoms with E-state index in [1.807, 2.05) is 17.7 Å². The summed E-state index contributed by atoms with van der Waals surface area (Å²) in [6.45, 7) is 4.08. The number of benzene rings is 1. The van der Waals surface area contributed by atoms with Gasteiger partial charge in [-0.1, -0.05) is 12.1 Å². The van der Waals surface area contributed by atoms with E-state index in [9.17, 15) is 9.18 Å². The fourth-order valence-corrected chi connectivity index (χ4v) is 2.77. The lowest BCUT2D eigenvalue weighted by molar-refractivity contribution is -0.0158. The number of nitrogens with zero attached hydrogens (tertiary/aromatic N) is 3. The van der Waals surface area contributed by atoms with Gasteiger partial charge < -0.3 is 19.5 Å². The van der Waals surface area contributed by atoms with Crippen LogP contribution in [0.5, 0.6) is 0 Å². The van der Waals surface area contributed by atoms with Crippen molar-refractivity contribution >= 4 is 6.03 Å². The summed E-state index contributed by atoms with van der Waals surface area (Å²) in [6.07, 6.45) is 5.07. The molecule has 128 valence electrons. The quantitative estimate of drug-likeness (QED) is 0.934. The highest BCUT2D eigenvalue weighted by molar-refractivity contribution is 5.74. The summed E-state index contributed by atoms with van der Waals surface area (Å²) in [5, 5.41) is 2.99. The Balaban J connectivity index is 1.55. The average molecular weight is 332 g/mol. The summed E-state index contributed by atoms with van der Waals surface area (Å²) in [5.41, 5.74) is 0.875. The Hall–Kier alpha value is -2.41. The third kappa shape index (κ3) is 4.11. The first-order valence-electron chi connectivity index (χ1n) is 8.00. The maximum Gasteiger partial charge on any atom is 0.317 e. The number of urea groups is 1. The van der Waals surface area contributed by atoms with Gasteiger partial charge in [-0.25, -0.2) is 14.2 Å². The molecule has 1 N–H and O–H groups in total. The lowest BCUT2D eigenvalue weighted by Crippen LogP contribution is -2.50. The molecule has 1 aromatic heterocycles. The maximum atomic E-state index is 13.0. The number of morpholine rings is 1. The van der Waals surface area contributed by atoms with Gasteiger partial charge in [0, 0.05) is 31.5 Å². The maximum absolute atomic E-state index is 13.0. The molecule has 1 fully saturated rings. The minimum Gasteiger partial charge on any atom is -0.370 e. The third-order valence-corrected chi connectivity index (χ3v) is 4.01. The molecule has 1 aliphatic rings. The fraction of sp³-hybridized carbons (Fsp3) is 0.412. The van der Waals surface area contributed by atoms with Crippen LogP contribution in [0.4, 0.5) is 9.18 Å². The molecule has 0 saturated carbocycles. The zero-order valence-electron chi connectivity index (χ0n) is 13.6. The van der Waals surface area contributed by atoms with Gasteiger partial charge in [-0.2, -0.15) is 0 Å². The van der Waals surface area contributed by atoms with Crippen LogP contribution in [0, 0.1) is 5.82 Å². The molecule has 0 radical (unpaired) electrons. The Morgan fingerprint density at radius 1 is 1.46 bits per heavy atom. The predicted octanol–water partition coefficient (Wildman–Crippen LogP) is 2.19. The Bertz CT molecular complexity index is 660. The Morgan fingerprint density at radius 3 is 2.96 bits per heavy atom. The van der Waals surface area contributed by atoms with Crippen LogP contribution in [-0.4, -0.2) is 46.2 Å². The molecule has 2 amide bonds. The molecule has 3 rings (SSSR count). The van der Waals surface area contributed by atoms with E-state index in [2.05, 4.69) is 10.3 Å². The van der Waals surface area contributed by atoms with E-state index < -0.39 is 0 Å². The minimum atomic E-state index is -0.280. The van der Waals surface area contributed by atoms with Crippen molar-refractivity contribution in [1.29, 1.82) is 0 Å². The molecule has 0 aliphatic carbocycles. The van der Waals surface area contributed by atoms with E-state index in [1.54, 1.807) is 29.6 Å². The molecular weight excluding hydrogens is 311 g/mol. The lowest BCUT2D eigenvalue weighted by atomic mass is 10.1. The molecular formula is C17H21FN4O2. The molecule has 24 heavy (non-hydrogen) atoms. The van der Waals surface area contributed by atoms with Gasteiger partial charge in [0.25, 0.3) is 0 Å². The number of nitrogens with one attached hydrogen (secondary N) is 1. The van der Waals surface area contributed by atoms with Crippen molar-refractivity contribution in [2.24, 2.45) is 0 Å². The van der Waals surface area contributed by atoms with Crippen molar-refractivity contribution in [3.63, 3.8) is 0 Å². The van der Waals surface area contributed by atoms with Crippen LogP contribution in [0.25, 0.3) is 0 Å². The molecule has 1 aromatic carbocycles. The van der Waals surface area contributed by atoms with E-state index in [0.717, 1.165) is 5.56 Å². The zero-order valence-corrected chi connectivity index (χ0v) is 13.6. The number of aromatic nitrogens is 2. The topological polar surface area (TPSA) is 59.4 Å². The van der Waals surface area contributed by atoms with Crippen LogP contribution >= 0.6 is 0 Å². The van der Waals surface area contributed by atoms with Crippen molar-refractivity contribution in [2.45, 2.75) is 25.6 Å². The SMILES string of the molecule is CC(Cn1ccnc1)NC(=O)N1CCOC(c2ccc(F)cc2)C1. The highest BCUT2D eigenvalue weighted by atomic mass is 19.1. The van der Waals surface area contributed by atoms with Crippen molar-refractivity contribution in [1.82, 2.24) is 19.8 Å². The predicted molar refractivity (Wildman–Crippen MR) is 86.9 cm³/mol. The van der Waals surface area contributed by atoms with Crippen LogP contribution in [0.2, 0.25) is 0 Å². The smallest absolute Gasteiger partial charge is 0.317 e. The molecule has 6 nitrogen and oxygen atoms in total. The summed E-state index contributed by atoms with van der Waals surface area (Å²) in [5.74, 6) is -0.280. The molecule has 2 aromatic rings. The zero-order chi connectivity index (χ0) is 16.9. The third-order valence-electron chi connectivity index (χ3n) is 4.01. The van der Waals surface area contributed by atoms with E-state index in [-0.39, 0.29) is 24.0 Å².